The van der Waals surface area contributed by atoms with Crippen LogP contribution in [0.4, 0.5) is 0 Å². The van der Waals surface area contributed by atoms with Gasteiger partial charge in [-0.2, -0.15) is 5.10 Å². The Morgan fingerprint density at radius 3 is 2.81 bits per heavy atom. The number of piperidine rings is 1. The molecule has 0 spiro atoms. The monoisotopic (exact) mass is 369 g/mol. The zero-order chi connectivity index (χ0) is 18.2. The van der Waals surface area contributed by atoms with Gasteiger partial charge in [-0.25, -0.2) is 0 Å². The minimum atomic E-state index is 0.0768. The molecule has 1 fully saturated rings. The van der Waals surface area contributed by atoms with Crippen molar-refractivity contribution in [3.8, 4) is 0 Å². The summed E-state index contributed by atoms with van der Waals surface area (Å²) in [6, 6.07) is 0. The highest BCUT2D eigenvalue weighted by atomic mass is 16.2. The zero-order valence-electron chi connectivity index (χ0n) is 15.7. The van der Waals surface area contributed by atoms with E-state index in [1.165, 1.54) is 19.3 Å². The molecule has 5 heterocycles. The summed E-state index contributed by atoms with van der Waals surface area (Å²) in [4.78, 5) is 15.0. The summed E-state index contributed by atoms with van der Waals surface area (Å²) in [5.41, 5.74) is 2.79. The molecule has 0 atom stereocenters. The fraction of sp³-hybridized carbons (Fsp3) is 0.684. The second-order valence-corrected chi connectivity index (χ2v) is 7.96. The molecular formula is C19H27N7O. The molecule has 0 radical (unpaired) electrons. The maximum Gasteiger partial charge on any atom is 0.274 e. The minimum Gasteiger partial charge on any atom is -0.337 e. The van der Waals surface area contributed by atoms with Crippen molar-refractivity contribution in [3.63, 3.8) is 0 Å². The van der Waals surface area contributed by atoms with Crippen LogP contribution in [0, 0.1) is 0 Å². The summed E-state index contributed by atoms with van der Waals surface area (Å²) in [5.74, 6) is 2.78. The number of hydrogen-bond acceptors (Lipinski definition) is 5. The number of amides is 1. The van der Waals surface area contributed by atoms with E-state index in [1.807, 2.05) is 4.90 Å². The average Bonchev–Trinajstić information content (AvgIpc) is 3.25. The van der Waals surface area contributed by atoms with Crippen LogP contribution in [0.15, 0.2) is 0 Å². The van der Waals surface area contributed by atoms with Gasteiger partial charge in [0.05, 0.1) is 5.69 Å². The normalized spacial score (nSPS) is 20.8. The molecule has 0 saturated carbocycles. The van der Waals surface area contributed by atoms with Crippen molar-refractivity contribution in [3.05, 3.63) is 28.6 Å². The molecule has 0 bridgehead atoms. The van der Waals surface area contributed by atoms with Gasteiger partial charge in [0.15, 0.2) is 5.69 Å². The number of aryl methyl sites for hydroxylation is 1. The molecule has 5 rings (SSSR count). The Labute approximate surface area is 158 Å². The first kappa shape index (κ1) is 16.9. The summed E-state index contributed by atoms with van der Waals surface area (Å²) in [6.07, 6.45) is 7.54. The number of aromatic amines is 1. The van der Waals surface area contributed by atoms with Crippen LogP contribution in [-0.4, -0.2) is 55.4 Å². The van der Waals surface area contributed by atoms with Gasteiger partial charge in [0.2, 0.25) is 0 Å². The Balaban J connectivity index is 1.27. The SMILES string of the molecule is O=C(c1n[nH]c2c1CCNC2)N1CCC(c2nnc3n2CCCCC3)CC1. The fourth-order valence-corrected chi connectivity index (χ4v) is 4.72. The van der Waals surface area contributed by atoms with Gasteiger partial charge in [-0.3, -0.25) is 9.89 Å². The number of aromatic nitrogens is 5. The molecule has 2 aromatic rings. The number of nitrogens with zero attached hydrogens (tertiary/aromatic N) is 5. The van der Waals surface area contributed by atoms with Crippen molar-refractivity contribution in [2.24, 2.45) is 0 Å². The van der Waals surface area contributed by atoms with E-state index in [9.17, 15) is 4.79 Å². The van der Waals surface area contributed by atoms with Crippen LogP contribution in [0.5, 0.6) is 0 Å². The van der Waals surface area contributed by atoms with Crippen LogP contribution >= 0.6 is 0 Å². The van der Waals surface area contributed by atoms with Crippen molar-refractivity contribution in [1.82, 2.24) is 35.2 Å². The van der Waals surface area contributed by atoms with E-state index in [2.05, 4.69) is 30.3 Å². The third-order valence-corrected chi connectivity index (χ3v) is 6.29. The van der Waals surface area contributed by atoms with Crippen molar-refractivity contribution in [1.29, 1.82) is 0 Å². The second-order valence-electron chi connectivity index (χ2n) is 7.96. The molecule has 3 aliphatic rings. The number of rotatable bonds is 2. The lowest BCUT2D eigenvalue weighted by Crippen LogP contribution is -2.39. The highest BCUT2D eigenvalue weighted by Crippen LogP contribution is 2.30. The van der Waals surface area contributed by atoms with E-state index in [1.54, 1.807) is 0 Å². The quantitative estimate of drug-likeness (QED) is 0.835. The molecule has 0 unspecified atom stereocenters. The van der Waals surface area contributed by atoms with E-state index in [4.69, 9.17) is 0 Å². The van der Waals surface area contributed by atoms with Crippen LogP contribution < -0.4 is 5.32 Å². The first-order valence-corrected chi connectivity index (χ1v) is 10.3. The van der Waals surface area contributed by atoms with E-state index >= 15 is 0 Å². The van der Waals surface area contributed by atoms with Crippen LogP contribution in [0.1, 0.15) is 71.4 Å². The minimum absolute atomic E-state index is 0.0768. The van der Waals surface area contributed by atoms with Crippen molar-refractivity contribution in [2.75, 3.05) is 19.6 Å². The first-order valence-electron chi connectivity index (χ1n) is 10.3. The van der Waals surface area contributed by atoms with Gasteiger partial charge in [0.1, 0.15) is 11.6 Å². The number of likely N-dealkylation sites (tertiary alicyclic amines) is 1. The summed E-state index contributed by atoms with van der Waals surface area (Å²) in [5, 5.41) is 19.6. The highest BCUT2D eigenvalue weighted by molar-refractivity contribution is 5.94. The van der Waals surface area contributed by atoms with Crippen LogP contribution in [0.25, 0.3) is 0 Å². The van der Waals surface area contributed by atoms with Crippen molar-refractivity contribution >= 4 is 5.91 Å². The number of fused-ring (bicyclic) bond motifs is 2. The average molecular weight is 369 g/mol. The predicted molar refractivity (Wildman–Crippen MR) is 99.5 cm³/mol. The molecule has 144 valence electrons. The molecule has 1 amide bonds. The van der Waals surface area contributed by atoms with Crippen LogP contribution in [0.2, 0.25) is 0 Å². The third kappa shape index (κ3) is 3.05. The topological polar surface area (TPSA) is 91.7 Å². The van der Waals surface area contributed by atoms with E-state index in [0.29, 0.717) is 11.6 Å². The molecule has 0 aromatic carbocycles. The smallest absolute Gasteiger partial charge is 0.274 e. The molecular weight excluding hydrogens is 342 g/mol. The fourth-order valence-electron chi connectivity index (χ4n) is 4.72. The van der Waals surface area contributed by atoms with Gasteiger partial charge in [0, 0.05) is 44.1 Å². The maximum atomic E-state index is 13.0. The van der Waals surface area contributed by atoms with Gasteiger partial charge < -0.3 is 14.8 Å². The second kappa shape index (κ2) is 7.07. The third-order valence-electron chi connectivity index (χ3n) is 6.29. The summed E-state index contributed by atoms with van der Waals surface area (Å²) >= 11 is 0. The Morgan fingerprint density at radius 2 is 1.93 bits per heavy atom. The highest BCUT2D eigenvalue weighted by Gasteiger charge is 2.31. The lowest BCUT2D eigenvalue weighted by molar-refractivity contribution is 0.0703. The Bertz CT molecular complexity index is 831. The number of nitrogens with one attached hydrogen (secondary N) is 2. The number of H-pyrrole nitrogens is 1. The number of hydrogen-bond donors (Lipinski definition) is 2. The maximum absolute atomic E-state index is 13.0. The van der Waals surface area contributed by atoms with E-state index in [0.717, 1.165) is 81.3 Å². The van der Waals surface area contributed by atoms with E-state index < -0.39 is 0 Å². The van der Waals surface area contributed by atoms with Crippen LogP contribution in [-0.2, 0) is 25.9 Å². The first-order chi connectivity index (χ1) is 13.3. The molecule has 8 heteroatoms. The van der Waals surface area contributed by atoms with Crippen molar-refractivity contribution < 1.29 is 4.79 Å². The lowest BCUT2D eigenvalue weighted by atomic mass is 9.95. The molecule has 3 aliphatic heterocycles. The van der Waals surface area contributed by atoms with E-state index in [-0.39, 0.29) is 5.91 Å². The summed E-state index contributed by atoms with van der Waals surface area (Å²) in [6.45, 7) is 4.27. The zero-order valence-corrected chi connectivity index (χ0v) is 15.7. The molecule has 2 N–H and O–H groups in total. The summed E-state index contributed by atoms with van der Waals surface area (Å²) < 4.78 is 2.35. The molecule has 8 nitrogen and oxygen atoms in total. The van der Waals surface area contributed by atoms with Gasteiger partial charge in [-0.05, 0) is 38.6 Å². The van der Waals surface area contributed by atoms with Gasteiger partial charge in [-0.1, -0.05) is 6.42 Å². The molecule has 1 saturated heterocycles. The van der Waals surface area contributed by atoms with Gasteiger partial charge in [0.25, 0.3) is 5.91 Å². The predicted octanol–water partition coefficient (Wildman–Crippen LogP) is 1.39. The van der Waals surface area contributed by atoms with Gasteiger partial charge >= 0.3 is 0 Å². The number of carbonyl (C=O) groups excluding carboxylic acids is 1. The van der Waals surface area contributed by atoms with Gasteiger partial charge in [-0.15, -0.1) is 10.2 Å². The summed E-state index contributed by atoms with van der Waals surface area (Å²) in [7, 11) is 0. The molecule has 0 aliphatic carbocycles. The lowest BCUT2D eigenvalue weighted by Gasteiger charge is -2.31. The Kier molecular flexibility index (Phi) is 4.43. The largest absolute Gasteiger partial charge is 0.337 e. The Morgan fingerprint density at radius 1 is 1.04 bits per heavy atom. The van der Waals surface area contributed by atoms with Crippen LogP contribution in [0.3, 0.4) is 0 Å². The standard InChI is InChI=1S/C19H27N7O/c27-19(17-14-5-8-20-12-15(14)21-23-17)25-10-6-13(7-11-25)18-24-22-16-4-2-1-3-9-26(16)18/h13,20H,1-12H2,(H,21,23). The molecule has 27 heavy (non-hydrogen) atoms. The molecule has 2 aromatic heterocycles. The number of carbonyl (C=O) groups is 1. The Hall–Kier alpha value is -2.22. The van der Waals surface area contributed by atoms with Crippen molar-refractivity contribution in [2.45, 2.75) is 64.0 Å².